The Morgan fingerprint density at radius 1 is 1.24 bits per heavy atom. The lowest BCUT2D eigenvalue weighted by Gasteiger charge is -2.25. The lowest BCUT2D eigenvalue weighted by molar-refractivity contribution is -0.144. The van der Waals surface area contributed by atoms with Gasteiger partial charge in [0.05, 0.1) is 12.7 Å². The molecule has 0 aliphatic carbocycles. The second-order valence-corrected chi connectivity index (χ2v) is 9.32. The fourth-order valence-electron chi connectivity index (χ4n) is 2.96. The standard InChI is InChI=1S/C21H28N2O9S/c1-10-14(24)6-15(25)11-8-33-9-13(18(27)30-5)22-17(26)12(7-31-19(28)16(10)11)23-20(29)32-21(2,3)4/h6,12-13,24-25H,7-9H2,1-5H3,(H,22,26)(H,23,29)/t12-,13+/m0/s1. The Morgan fingerprint density at radius 3 is 2.52 bits per heavy atom. The maximum Gasteiger partial charge on any atom is 0.408 e. The van der Waals surface area contributed by atoms with Crippen molar-refractivity contribution in [1.29, 1.82) is 0 Å². The van der Waals surface area contributed by atoms with Gasteiger partial charge in [-0.15, -0.1) is 0 Å². The summed E-state index contributed by atoms with van der Waals surface area (Å²) in [5.74, 6) is -2.91. The molecule has 11 nitrogen and oxygen atoms in total. The molecule has 1 heterocycles. The predicted octanol–water partition coefficient (Wildman–Crippen LogP) is 1.36. The van der Waals surface area contributed by atoms with Gasteiger partial charge in [-0.2, -0.15) is 11.8 Å². The fourth-order valence-corrected chi connectivity index (χ4v) is 4.03. The molecule has 1 aliphatic rings. The van der Waals surface area contributed by atoms with E-state index in [2.05, 4.69) is 10.6 Å². The number of methoxy groups -OCH3 is 1. The molecule has 0 spiro atoms. The number of alkyl carbamates (subject to hydrolysis) is 1. The molecular weight excluding hydrogens is 456 g/mol. The molecule has 12 heteroatoms. The van der Waals surface area contributed by atoms with Gasteiger partial charge in [0, 0.05) is 28.7 Å². The quantitative estimate of drug-likeness (QED) is 0.356. The number of benzene rings is 1. The van der Waals surface area contributed by atoms with Crippen molar-refractivity contribution in [1.82, 2.24) is 10.6 Å². The van der Waals surface area contributed by atoms with Crippen molar-refractivity contribution in [3.63, 3.8) is 0 Å². The fraction of sp³-hybridized carbons (Fsp3) is 0.524. The van der Waals surface area contributed by atoms with E-state index in [1.54, 1.807) is 20.8 Å². The Morgan fingerprint density at radius 2 is 1.91 bits per heavy atom. The number of amides is 2. The van der Waals surface area contributed by atoms with E-state index in [-0.39, 0.29) is 39.7 Å². The number of hydrogen-bond acceptors (Lipinski definition) is 10. The van der Waals surface area contributed by atoms with Crippen molar-refractivity contribution in [3.05, 3.63) is 22.8 Å². The van der Waals surface area contributed by atoms with E-state index in [4.69, 9.17) is 14.2 Å². The molecule has 1 aromatic carbocycles. The SMILES string of the molecule is COC(=O)[C@H]1CSCc2c(O)cc(O)c(C)c2C(=O)OC[C@H](NC(=O)OC(C)(C)C)C(=O)N1. The molecule has 0 unspecified atom stereocenters. The number of ether oxygens (including phenoxy) is 3. The molecule has 33 heavy (non-hydrogen) atoms. The van der Waals surface area contributed by atoms with E-state index in [0.717, 1.165) is 17.8 Å². The van der Waals surface area contributed by atoms with Crippen molar-refractivity contribution in [2.45, 2.75) is 51.1 Å². The number of hydrogen-bond donors (Lipinski definition) is 4. The first-order valence-electron chi connectivity index (χ1n) is 10.0. The number of phenols is 2. The number of nitrogens with one attached hydrogen (secondary N) is 2. The van der Waals surface area contributed by atoms with Crippen LogP contribution in [0.1, 0.15) is 42.3 Å². The predicted molar refractivity (Wildman–Crippen MR) is 118 cm³/mol. The molecule has 0 saturated carbocycles. The first-order chi connectivity index (χ1) is 15.3. The number of carbonyl (C=O) groups is 4. The lowest BCUT2D eigenvalue weighted by Crippen LogP contribution is -2.55. The van der Waals surface area contributed by atoms with Gasteiger partial charge in [-0.25, -0.2) is 14.4 Å². The van der Waals surface area contributed by atoms with Gasteiger partial charge < -0.3 is 35.1 Å². The number of phenolic OH excluding ortho intramolecular Hbond substituents is 2. The summed E-state index contributed by atoms with van der Waals surface area (Å²) in [5, 5.41) is 25.2. The highest BCUT2D eigenvalue weighted by Crippen LogP contribution is 2.35. The van der Waals surface area contributed by atoms with Gasteiger partial charge in [-0.3, -0.25) is 4.79 Å². The maximum absolute atomic E-state index is 12.8. The van der Waals surface area contributed by atoms with Crippen molar-refractivity contribution in [2.75, 3.05) is 19.5 Å². The van der Waals surface area contributed by atoms with Crippen LogP contribution < -0.4 is 10.6 Å². The second-order valence-electron chi connectivity index (χ2n) is 8.29. The van der Waals surface area contributed by atoms with Crippen LogP contribution in [0, 0.1) is 6.92 Å². The molecule has 182 valence electrons. The number of carbonyl (C=O) groups excluding carboxylic acids is 4. The molecule has 2 amide bonds. The molecule has 0 aromatic heterocycles. The van der Waals surface area contributed by atoms with Gasteiger partial charge in [0.15, 0.2) is 0 Å². The Labute approximate surface area is 195 Å². The summed E-state index contributed by atoms with van der Waals surface area (Å²) in [4.78, 5) is 50.1. The molecular formula is C21H28N2O9S. The minimum Gasteiger partial charge on any atom is -0.508 e. The largest absolute Gasteiger partial charge is 0.508 e. The van der Waals surface area contributed by atoms with Crippen LogP contribution in [0.4, 0.5) is 4.79 Å². The van der Waals surface area contributed by atoms with Crippen LogP contribution in [0.15, 0.2) is 6.07 Å². The molecule has 0 bridgehead atoms. The highest BCUT2D eigenvalue weighted by molar-refractivity contribution is 7.98. The van der Waals surface area contributed by atoms with Crippen molar-refractivity contribution in [2.24, 2.45) is 0 Å². The number of cyclic esters (lactones) is 1. The average molecular weight is 485 g/mol. The van der Waals surface area contributed by atoms with Gasteiger partial charge in [0.2, 0.25) is 5.91 Å². The van der Waals surface area contributed by atoms with Crippen molar-refractivity contribution in [3.8, 4) is 11.5 Å². The van der Waals surface area contributed by atoms with E-state index < -0.39 is 48.2 Å². The molecule has 1 aliphatic heterocycles. The number of esters is 2. The van der Waals surface area contributed by atoms with Gasteiger partial charge in [-0.1, -0.05) is 0 Å². The third kappa shape index (κ3) is 6.91. The van der Waals surface area contributed by atoms with Crippen LogP contribution in [-0.2, 0) is 29.6 Å². The first-order valence-corrected chi connectivity index (χ1v) is 11.2. The van der Waals surface area contributed by atoms with Crippen LogP contribution in [0.3, 0.4) is 0 Å². The summed E-state index contributed by atoms with van der Waals surface area (Å²) in [6, 6.07) is -1.36. The molecule has 1 aromatic rings. The third-order valence-corrected chi connectivity index (χ3v) is 5.63. The van der Waals surface area contributed by atoms with Gasteiger partial charge in [0.1, 0.15) is 35.8 Å². The van der Waals surface area contributed by atoms with Crippen LogP contribution in [0.2, 0.25) is 0 Å². The number of aromatic hydroxyl groups is 2. The summed E-state index contributed by atoms with van der Waals surface area (Å²) < 4.78 is 15.2. The Hall–Kier alpha value is -3.15. The van der Waals surface area contributed by atoms with Gasteiger partial charge in [0.25, 0.3) is 0 Å². The highest BCUT2D eigenvalue weighted by atomic mass is 32.2. The van der Waals surface area contributed by atoms with Crippen LogP contribution in [-0.4, -0.2) is 71.3 Å². The van der Waals surface area contributed by atoms with Crippen LogP contribution in [0.25, 0.3) is 0 Å². The Balaban J connectivity index is 2.42. The van der Waals surface area contributed by atoms with E-state index in [0.29, 0.717) is 0 Å². The Kier molecular flexibility index (Phi) is 8.42. The van der Waals surface area contributed by atoms with E-state index >= 15 is 0 Å². The monoisotopic (exact) mass is 484 g/mol. The second kappa shape index (κ2) is 10.6. The first kappa shape index (κ1) is 26.1. The number of fused-ring (bicyclic) bond motifs is 1. The normalized spacial score (nSPS) is 19.7. The van der Waals surface area contributed by atoms with Crippen molar-refractivity contribution < 1.29 is 43.6 Å². The van der Waals surface area contributed by atoms with E-state index in [1.165, 1.54) is 14.0 Å². The third-order valence-electron chi connectivity index (χ3n) is 4.57. The van der Waals surface area contributed by atoms with Gasteiger partial charge >= 0.3 is 18.0 Å². The van der Waals surface area contributed by atoms with Crippen LogP contribution in [0.5, 0.6) is 11.5 Å². The summed E-state index contributed by atoms with van der Waals surface area (Å²) in [6.07, 6.45) is -0.929. The zero-order valence-corrected chi connectivity index (χ0v) is 19.8. The molecule has 2 atom stereocenters. The average Bonchev–Trinajstić information content (AvgIpc) is 2.70. The number of rotatable bonds is 2. The summed E-state index contributed by atoms with van der Waals surface area (Å²) in [7, 11) is 1.17. The Bertz CT molecular complexity index is 943. The minimum atomic E-state index is -1.39. The summed E-state index contributed by atoms with van der Waals surface area (Å²) >= 11 is 1.14. The van der Waals surface area contributed by atoms with Crippen molar-refractivity contribution >= 4 is 35.7 Å². The molecule has 4 N–H and O–H groups in total. The van der Waals surface area contributed by atoms with Gasteiger partial charge in [-0.05, 0) is 27.7 Å². The van der Waals surface area contributed by atoms with Crippen LogP contribution >= 0.6 is 11.8 Å². The summed E-state index contributed by atoms with van der Waals surface area (Å²) in [5.41, 5.74) is -0.533. The minimum absolute atomic E-state index is 0.0470. The van der Waals surface area contributed by atoms with E-state index in [9.17, 15) is 29.4 Å². The summed E-state index contributed by atoms with van der Waals surface area (Å²) in [6.45, 7) is 5.79. The molecule has 0 fully saturated rings. The zero-order valence-electron chi connectivity index (χ0n) is 19.0. The maximum atomic E-state index is 12.8. The lowest BCUT2D eigenvalue weighted by atomic mass is 10.0. The zero-order chi connectivity index (χ0) is 24.9. The molecule has 0 saturated heterocycles. The van der Waals surface area contributed by atoms with E-state index in [1.807, 2.05) is 0 Å². The number of thioether (sulfide) groups is 1. The highest BCUT2D eigenvalue weighted by Gasteiger charge is 2.32. The topological polar surface area (TPSA) is 160 Å². The molecule has 2 rings (SSSR count). The molecule has 0 radical (unpaired) electrons. The smallest absolute Gasteiger partial charge is 0.408 e.